The third-order valence-electron chi connectivity index (χ3n) is 3.66. The van der Waals surface area contributed by atoms with Gasteiger partial charge < -0.3 is 9.42 Å². The van der Waals surface area contributed by atoms with Crippen LogP contribution in [0.25, 0.3) is 0 Å². The van der Waals surface area contributed by atoms with Gasteiger partial charge in [-0.3, -0.25) is 0 Å². The van der Waals surface area contributed by atoms with Gasteiger partial charge >= 0.3 is 7.60 Å². The summed E-state index contributed by atoms with van der Waals surface area (Å²) >= 11 is 0. The van der Waals surface area contributed by atoms with Gasteiger partial charge in [0, 0.05) is 0 Å². The average molecular weight is 290 g/mol. The molecule has 0 saturated carbocycles. The monoisotopic (exact) mass is 290 g/mol. The number of hydrogen-bond donors (Lipinski definition) is 1. The van der Waals surface area contributed by atoms with Crippen LogP contribution >= 0.6 is 7.60 Å². The van der Waals surface area contributed by atoms with Crippen LogP contribution in [0.3, 0.4) is 0 Å². The van der Waals surface area contributed by atoms with Crippen molar-refractivity contribution in [1.29, 1.82) is 0 Å². The van der Waals surface area contributed by atoms with Crippen LogP contribution in [0.5, 0.6) is 5.75 Å². The number of benzene rings is 2. The smallest absolute Gasteiger partial charge is 0.408 e. The molecule has 0 amide bonds. The summed E-state index contributed by atoms with van der Waals surface area (Å²) in [5.74, 6) is 0.455. The number of rotatable bonds is 3. The van der Waals surface area contributed by atoms with E-state index in [1.165, 1.54) is 0 Å². The number of aryl methyl sites for hydroxylation is 2. The topological polar surface area (TPSA) is 46.5 Å². The van der Waals surface area contributed by atoms with Crippen LogP contribution in [0.2, 0.25) is 0 Å². The van der Waals surface area contributed by atoms with Crippen LogP contribution in [0, 0.1) is 27.7 Å². The van der Waals surface area contributed by atoms with Gasteiger partial charge in [0.05, 0.1) is 5.30 Å². The summed E-state index contributed by atoms with van der Waals surface area (Å²) in [6.45, 7) is 7.58. The molecule has 0 aliphatic heterocycles. The van der Waals surface area contributed by atoms with Gasteiger partial charge in [-0.05, 0) is 62.1 Å². The molecule has 0 radical (unpaired) electrons. The molecule has 0 aliphatic rings. The summed E-state index contributed by atoms with van der Waals surface area (Å²) in [4.78, 5) is 10.3. The minimum atomic E-state index is -3.88. The molecule has 3 nitrogen and oxygen atoms in total. The first kappa shape index (κ1) is 14.8. The van der Waals surface area contributed by atoms with Crippen LogP contribution in [-0.4, -0.2) is 4.89 Å². The standard InChI is InChI=1S/C16H19O3P/c1-11-7-5-9-15(13(11)3)19-20(17,18)16-10-6-8-12(2)14(16)4/h5-10H,1-4H3,(H,17,18). The zero-order chi connectivity index (χ0) is 14.9. The van der Waals surface area contributed by atoms with Crippen molar-refractivity contribution in [2.45, 2.75) is 27.7 Å². The van der Waals surface area contributed by atoms with Gasteiger partial charge in [-0.2, -0.15) is 0 Å². The lowest BCUT2D eigenvalue weighted by Gasteiger charge is -2.18. The Bertz CT molecular complexity index is 692. The van der Waals surface area contributed by atoms with Gasteiger partial charge in [0.1, 0.15) is 5.75 Å². The van der Waals surface area contributed by atoms with Gasteiger partial charge in [0.2, 0.25) is 0 Å². The molecule has 1 N–H and O–H groups in total. The van der Waals surface area contributed by atoms with Gasteiger partial charge in [-0.15, -0.1) is 0 Å². The molecule has 20 heavy (non-hydrogen) atoms. The predicted molar refractivity (Wildman–Crippen MR) is 81.9 cm³/mol. The molecule has 0 saturated heterocycles. The Balaban J connectivity index is 2.43. The van der Waals surface area contributed by atoms with Gasteiger partial charge in [-0.1, -0.05) is 24.3 Å². The maximum absolute atomic E-state index is 12.6. The van der Waals surface area contributed by atoms with Crippen molar-refractivity contribution in [3.63, 3.8) is 0 Å². The summed E-state index contributed by atoms with van der Waals surface area (Å²) in [6.07, 6.45) is 0. The molecule has 2 aromatic carbocycles. The Kier molecular flexibility index (Phi) is 4.03. The fraction of sp³-hybridized carbons (Fsp3) is 0.250. The van der Waals surface area contributed by atoms with Gasteiger partial charge in [0.25, 0.3) is 0 Å². The summed E-state index contributed by atoms with van der Waals surface area (Å²) in [5, 5.41) is 0.360. The SMILES string of the molecule is Cc1cccc(OP(=O)(O)c2cccc(C)c2C)c1C. The average Bonchev–Trinajstić information content (AvgIpc) is 2.38. The van der Waals surface area contributed by atoms with Crippen LogP contribution in [0.1, 0.15) is 22.3 Å². The van der Waals surface area contributed by atoms with Crippen molar-refractivity contribution in [3.8, 4) is 5.75 Å². The lowest BCUT2D eigenvalue weighted by molar-refractivity contribution is 0.392. The third-order valence-corrected chi connectivity index (χ3v) is 5.19. The van der Waals surface area contributed by atoms with Crippen LogP contribution in [0.4, 0.5) is 0 Å². The third kappa shape index (κ3) is 2.79. The molecule has 0 bridgehead atoms. The van der Waals surface area contributed by atoms with Crippen LogP contribution in [-0.2, 0) is 4.57 Å². The minimum Gasteiger partial charge on any atom is -0.421 e. The summed E-state index contributed by atoms with van der Waals surface area (Å²) in [5.41, 5.74) is 3.68. The Morgan fingerprint density at radius 2 is 1.45 bits per heavy atom. The van der Waals surface area contributed by atoms with Crippen LogP contribution < -0.4 is 9.83 Å². The molecule has 1 unspecified atom stereocenters. The normalized spacial score (nSPS) is 13.8. The van der Waals surface area contributed by atoms with Crippen molar-refractivity contribution >= 4 is 12.9 Å². The van der Waals surface area contributed by atoms with Crippen molar-refractivity contribution in [2.24, 2.45) is 0 Å². The highest BCUT2D eigenvalue weighted by molar-refractivity contribution is 7.61. The highest BCUT2D eigenvalue weighted by atomic mass is 31.2. The molecule has 0 heterocycles. The molecule has 0 fully saturated rings. The molecule has 0 spiro atoms. The van der Waals surface area contributed by atoms with E-state index in [2.05, 4.69) is 0 Å². The minimum absolute atomic E-state index is 0.360. The van der Waals surface area contributed by atoms with E-state index in [1.807, 2.05) is 45.9 Å². The van der Waals surface area contributed by atoms with E-state index < -0.39 is 7.60 Å². The second-order valence-electron chi connectivity index (χ2n) is 5.03. The second-order valence-corrected chi connectivity index (χ2v) is 6.73. The van der Waals surface area contributed by atoms with Crippen molar-refractivity contribution in [3.05, 3.63) is 58.7 Å². The molecule has 4 heteroatoms. The van der Waals surface area contributed by atoms with E-state index in [0.717, 1.165) is 22.3 Å². The maximum Gasteiger partial charge on any atom is 0.408 e. The summed E-state index contributed by atoms with van der Waals surface area (Å²) in [7, 11) is -3.88. The predicted octanol–water partition coefficient (Wildman–Crippen LogP) is 3.81. The Hall–Kier alpha value is -1.57. The summed E-state index contributed by atoms with van der Waals surface area (Å²) < 4.78 is 18.0. The maximum atomic E-state index is 12.6. The molecule has 2 rings (SSSR count). The van der Waals surface area contributed by atoms with Crippen molar-refractivity contribution in [2.75, 3.05) is 0 Å². The fourth-order valence-corrected chi connectivity index (χ4v) is 3.48. The van der Waals surface area contributed by atoms with Crippen LogP contribution in [0.15, 0.2) is 36.4 Å². The summed E-state index contributed by atoms with van der Waals surface area (Å²) in [6, 6.07) is 10.8. The largest absolute Gasteiger partial charge is 0.421 e. The molecule has 106 valence electrons. The number of hydrogen-bond acceptors (Lipinski definition) is 2. The molecule has 2 aromatic rings. The lowest BCUT2D eigenvalue weighted by Crippen LogP contribution is -2.14. The second kappa shape index (κ2) is 5.43. The van der Waals surface area contributed by atoms with Gasteiger partial charge in [0.15, 0.2) is 0 Å². The van der Waals surface area contributed by atoms with E-state index in [4.69, 9.17) is 4.52 Å². The lowest BCUT2D eigenvalue weighted by atomic mass is 10.1. The van der Waals surface area contributed by atoms with E-state index >= 15 is 0 Å². The van der Waals surface area contributed by atoms with E-state index in [1.54, 1.807) is 18.2 Å². The fourth-order valence-electron chi connectivity index (χ4n) is 2.05. The quantitative estimate of drug-likeness (QED) is 0.874. The Morgan fingerprint density at radius 3 is 2.10 bits per heavy atom. The first-order valence-corrected chi connectivity index (χ1v) is 8.06. The van der Waals surface area contributed by atoms with E-state index in [0.29, 0.717) is 11.1 Å². The Labute approximate surface area is 119 Å². The molecule has 0 aromatic heterocycles. The highest BCUT2D eigenvalue weighted by Crippen LogP contribution is 2.44. The Morgan fingerprint density at radius 1 is 0.900 bits per heavy atom. The molecule has 1 atom stereocenters. The van der Waals surface area contributed by atoms with E-state index in [9.17, 15) is 9.46 Å². The van der Waals surface area contributed by atoms with Crippen molar-refractivity contribution < 1.29 is 14.0 Å². The first-order valence-electron chi connectivity index (χ1n) is 6.48. The zero-order valence-electron chi connectivity index (χ0n) is 12.2. The van der Waals surface area contributed by atoms with Crippen molar-refractivity contribution in [1.82, 2.24) is 0 Å². The first-order chi connectivity index (χ1) is 9.33. The zero-order valence-corrected chi connectivity index (χ0v) is 13.1. The molecular weight excluding hydrogens is 271 g/mol. The molecule has 0 aliphatic carbocycles. The molecular formula is C16H19O3P. The highest BCUT2D eigenvalue weighted by Gasteiger charge is 2.27. The van der Waals surface area contributed by atoms with E-state index in [-0.39, 0.29) is 0 Å². The van der Waals surface area contributed by atoms with Gasteiger partial charge in [-0.25, -0.2) is 4.57 Å².